The first-order valence-corrected chi connectivity index (χ1v) is 10.5. The smallest absolute Gasteiger partial charge is 0.179 e. The third-order valence-corrected chi connectivity index (χ3v) is 6.75. The first-order valence-electron chi connectivity index (χ1n) is 8.89. The van der Waals surface area contributed by atoms with Crippen LogP contribution in [0.25, 0.3) is 0 Å². The van der Waals surface area contributed by atoms with E-state index < -0.39 is 9.84 Å². The van der Waals surface area contributed by atoms with E-state index in [1.807, 2.05) is 6.07 Å². The van der Waals surface area contributed by atoms with Crippen LogP contribution in [0.15, 0.2) is 35.2 Å². The summed E-state index contributed by atoms with van der Waals surface area (Å²) in [6.07, 6.45) is 2.16. The van der Waals surface area contributed by atoms with E-state index in [1.165, 1.54) is 0 Å². The Labute approximate surface area is 145 Å². The molecule has 2 aliphatic rings. The summed E-state index contributed by atoms with van der Waals surface area (Å²) in [4.78, 5) is 5.14. The first-order chi connectivity index (χ1) is 11.5. The third-order valence-electron chi connectivity index (χ3n) is 5.04. The van der Waals surface area contributed by atoms with Crippen LogP contribution in [0.2, 0.25) is 0 Å². The third kappa shape index (κ3) is 4.17. The minimum atomic E-state index is -3.20. The van der Waals surface area contributed by atoms with E-state index in [2.05, 4.69) is 16.7 Å². The Balaban J connectivity index is 1.55. The van der Waals surface area contributed by atoms with Crippen molar-refractivity contribution in [3.05, 3.63) is 30.3 Å². The number of benzene rings is 1. The van der Waals surface area contributed by atoms with Crippen LogP contribution in [0.3, 0.4) is 0 Å². The highest BCUT2D eigenvalue weighted by atomic mass is 32.2. The molecule has 0 radical (unpaired) electrons. The van der Waals surface area contributed by atoms with E-state index in [1.54, 1.807) is 24.3 Å². The summed E-state index contributed by atoms with van der Waals surface area (Å²) < 4.78 is 31.0. The molecule has 1 spiro atoms. The molecule has 0 N–H and O–H groups in total. The van der Waals surface area contributed by atoms with Crippen LogP contribution in [0, 0.1) is 0 Å². The van der Waals surface area contributed by atoms with Gasteiger partial charge in [-0.15, -0.1) is 0 Å². The van der Waals surface area contributed by atoms with Gasteiger partial charge in [0.25, 0.3) is 0 Å². The first kappa shape index (κ1) is 17.9. The number of nitrogens with zero attached hydrogens (tertiary/aromatic N) is 2. The van der Waals surface area contributed by atoms with E-state index in [0.717, 1.165) is 52.2 Å². The van der Waals surface area contributed by atoms with Crippen molar-refractivity contribution in [1.82, 2.24) is 9.80 Å². The van der Waals surface area contributed by atoms with Crippen LogP contribution in [0.5, 0.6) is 0 Å². The van der Waals surface area contributed by atoms with Crippen molar-refractivity contribution in [3.63, 3.8) is 0 Å². The molecule has 0 bridgehead atoms. The van der Waals surface area contributed by atoms with Crippen molar-refractivity contribution >= 4 is 9.84 Å². The molecule has 2 saturated heterocycles. The summed E-state index contributed by atoms with van der Waals surface area (Å²) in [5.74, 6) is 0.172. The Bertz CT molecular complexity index is 633. The number of hydrogen-bond donors (Lipinski definition) is 0. The van der Waals surface area contributed by atoms with Gasteiger partial charge < -0.3 is 4.74 Å². The molecule has 0 aromatic heterocycles. The summed E-state index contributed by atoms with van der Waals surface area (Å²) in [7, 11) is -3.20. The standard InChI is InChI=1S/C18H28N2O3S/c1-2-9-19-11-13-23-18(15-19)8-10-20(16-18)12-14-24(21,22)17-6-4-3-5-7-17/h3-7H,2,8-16H2,1H3. The van der Waals surface area contributed by atoms with Crippen LogP contribution in [-0.2, 0) is 14.6 Å². The monoisotopic (exact) mass is 352 g/mol. The van der Waals surface area contributed by atoms with Crippen molar-refractivity contribution in [1.29, 1.82) is 0 Å². The molecule has 1 atom stereocenters. The average Bonchev–Trinajstić information content (AvgIpc) is 2.97. The van der Waals surface area contributed by atoms with Gasteiger partial charge in [0.05, 0.1) is 22.9 Å². The zero-order valence-corrected chi connectivity index (χ0v) is 15.3. The molecule has 2 aliphatic heterocycles. The fourth-order valence-corrected chi connectivity index (χ4v) is 5.10. The van der Waals surface area contributed by atoms with Crippen LogP contribution >= 0.6 is 0 Å². The quantitative estimate of drug-likeness (QED) is 0.779. The van der Waals surface area contributed by atoms with Crippen LogP contribution in [0.1, 0.15) is 19.8 Å². The van der Waals surface area contributed by atoms with E-state index in [4.69, 9.17) is 4.74 Å². The molecule has 1 unspecified atom stereocenters. The normalized spacial score (nSPS) is 26.2. The van der Waals surface area contributed by atoms with Crippen molar-refractivity contribution in [2.75, 3.05) is 51.6 Å². The van der Waals surface area contributed by atoms with Gasteiger partial charge in [0, 0.05) is 32.7 Å². The van der Waals surface area contributed by atoms with Crippen LogP contribution < -0.4 is 0 Å². The highest BCUT2D eigenvalue weighted by molar-refractivity contribution is 7.91. The van der Waals surface area contributed by atoms with Gasteiger partial charge in [0.2, 0.25) is 0 Å². The summed E-state index contributed by atoms with van der Waals surface area (Å²) in [5.41, 5.74) is -0.0933. The maximum atomic E-state index is 12.4. The second-order valence-electron chi connectivity index (χ2n) is 6.97. The van der Waals surface area contributed by atoms with E-state index >= 15 is 0 Å². The van der Waals surface area contributed by atoms with Crippen LogP contribution in [0.4, 0.5) is 0 Å². The lowest BCUT2D eigenvalue weighted by Gasteiger charge is -2.40. The largest absolute Gasteiger partial charge is 0.371 e. The topological polar surface area (TPSA) is 49.9 Å². The predicted molar refractivity (Wildman–Crippen MR) is 95.0 cm³/mol. The van der Waals surface area contributed by atoms with Gasteiger partial charge in [0.15, 0.2) is 9.84 Å². The minimum Gasteiger partial charge on any atom is -0.371 e. The zero-order valence-electron chi connectivity index (χ0n) is 14.5. The van der Waals surface area contributed by atoms with Gasteiger partial charge in [-0.2, -0.15) is 0 Å². The molecule has 1 aromatic rings. The molecule has 1 aromatic carbocycles. The van der Waals surface area contributed by atoms with E-state index in [-0.39, 0.29) is 11.4 Å². The second-order valence-corrected chi connectivity index (χ2v) is 9.07. The van der Waals surface area contributed by atoms with Gasteiger partial charge in [-0.1, -0.05) is 25.1 Å². The zero-order chi connectivity index (χ0) is 17.0. The Hall–Kier alpha value is -0.950. The average molecular weight is 353 g/mol. The molecule has 3 rings (SSSR count). The van der Waals surface area contributed by atoms with Crippen LogP contribution in [-0.4, -0.2) is 75.4 Å². The molecule has 6 heteroatoms. The molecule has 0 saturated carbocycles. The van der Waals surface area contributed by atoms with Gasteiger partial charge >= 0.3 is 0 Å². The number of sulfone groups is 1. The highest BCUT2D eigenvalue weighted by Crippen LogP contribution is 2.29. The lowest BCUT2D eigenvalue weighted by molar-refractivity contribution is -0.101. The van der Waals surface area contributed by atoms with Gasteiger partial charge in [-0.3, -0.25) is 9.80 Å². The Kier molecular flexibility index (Phi) is 5.59. The maximum Gasteiger partial charge on any atom is 0.179 e. The summed E-state index contributed by atoms with van der Waals surface area (Å²) in [6.45, 7) is 8.44. The maximum absolute atomic E-state index is 12.4. The molecule has 24 heavy (non-hydrogen) atoms. The van der Waals surface area contributed by atoms with Crippen molar-refractivity contribution in [3.8, 4) is 0 Å². The van der Waals surface area contributed by atoms with Gasteiger partial charge in [-0.25, -0.2) is 8.42 Å². The Morgan fingerprint density at radius 2 is 1.79 bits per heavy atom. The number of morpholine rings is 1. The number of rotatable bonds is 6. The number of hydrogen-bond acceptors (Lipinski definition) is 5. The SMILES string of the molecule is CCCN1CCOC2(CCN(CCS(=O)(=O)c3ccccc3)C2)C1. The van der Waals surface area contributed by atoms with Crippen molar-refractivity contribution in [2.45, 2.75) is 30.3 Å². The fraction of sp³-hybridized carbons (Fsp3) is 0.667. The number of ether oxygens (including phenoxy) is 1. The van der Waals surface area contributed by atoms with E-state index in [9.17, 15) is 8.42 Å². The Morgan fingerprint density at radius 3 is 2.50 bits per heavy atom. The van der Waals surface area contributed by atoms with Gasteiger partial charge in [0.1, 0.15) is 0 Å². The summed E-state index contributed by atoms with van der Waals surface area (Å²) >= 11 is 0. The highest BCUT2D eigenvalue weighted by Gasteiger charge is 2.42. The molecule has 5 nitrogen and oxygen atoms in total. The molecule has 0 amide bonds. The number of likely N-dealkylation sites (tertiary alicyclic amines) is 1. The van der Waals surface area contributed by atoms with Gasteiger partial charge in [-0.05, 0) is 31.5 Å². The minimum absolute atomic E-state index is 0.0933. The lowest BCUT2D eigenvalue weighted by atomic mass is 10.0. The summed E-state index contributed by atoms with van der Waals surface area (Å²) in [5, 5.41) is 0. The van der Waals surface area contributed by atoms with E-state index in [0.29, 0.717) is 11.4 Å². The predicted octanol–water partition coefficient (Wildman–Crippen LogP) is 1.65. The lowest BCUT2D eigenvalue weighted by Crippen LogP contribution is -2.53. The van der Waals surface area contributed by atoms with Crippen molar-refractivity contribution in [2.24, 2.45) is 0 Å². The fourth-order valence-electron chi connectivity index (χ4n) is 3.79. The Morgan fingerprint density at radius 1 is 1.08 bits per heavy atom. The molecular weight excluding hydrogens is 324 g/mol. The second kappa shape index (κ2) is 7.52. The molecule has 134 valence electrons. The van der Waals surface area contributed by atoms with Crippen molar-refractivity contribution < 1.29 is 13.2 Å². The summed E-state index contributed by atoms with van der Waals surface area (Å²) in [6, 6.07) is 8.74. The molecular formula is C18H28N2O3S. The molecule has 0 aliphatic carbocycles. The molecule has 2 heterocycles. The molecule has 2 fully saturated rings.